The van der Waals surface area contributed by atoms with Crippen molar-refractivity contribution in [2.24, 2.45) is 5.92 Å². The minimum Gasteiger partial charge on any atom is -0.379 e. The summed E-state index contributed by atoms with van der Waals surface area (Å²) in [6.07, 6.45) is 4.31. The molecule has 2 aliphatic heterocycles. The molecule has 0 radical (unpaired) electrons. The maximum Gasteiger partial charge on any atom is 0.266 e. The summed E-state index contributed by atoms with van der Waals surface area (Å²) in [6.45, 7) is 1.89. The largest absolute Gasteiger partial charge is 0.379 e. The molecule has 1 unspecified atom stereocenters. The highest BCUT2D eigenvalue weighted by molar-refractivity contribution is 5.89. The molecule has 3 rings (SSSR count). The van der Waals surface area contributed by atoms with Crippen molar-refractivity contribution < 1.29 is 19.2 Å². The van der Waals surface area contributed by atoms with Gasteiger partial charge in [-0.25, -0.2) is 5.48 Å². The Balaban J connectivity index is 1.51. The maximum absolute atomic E-state index is 12.1. The van der Waals surface area contributed by atoms with Crippen molar-refractivity contribution in [3.05, 3.63) is 0 Å². The molecule has 106 valence electrons. The fraction of sp³-hybridized carbons (Fsp3) is 0.846. The number of hydroxylamine groups is 1. The van der Waals surface area contributed by atoms with E-state index in [-0.39, 0.29) is 29.9 Å². The van der Waals surface area contributed by atoms with Crippen LogP contribution in [0.1, 0.15) is 32.1 Å². The van der Waals surface area contributed by atoms with Crippen LogP contribution in [0.15, 0.2) is 0 Å². The van der Waals surface area contributed by atoms with Crippen LogP contribution in [0.5, 0.6) is 0 Å². The van der Waals surface area contributed by atoms with Gasteiger partial charge in [-0.3, -0.25) is 14.4 Å². The molecule has 1 aliphatic carbocycles. The van der Waals surface area contributed by atoms with Gasteiger partial charge >= 0.3 is 0 Å². The molecule has 19 heavy (non-hydrogen) atoms. The van der Waals surface area contributed by atoms with Crippen LogP contribution in [0.4, 0.5) is 0 Å². The van der Waals surface area contributed by atoms with E-state index >= 15 is 0 Å². The molecular weight excluding hydrogens is 248 g/mol. The van der Waals surface area contributed by atoms with Gasteiger partial charge in [0.1, 0.15) is 12.1 Å². The van der Waals surface area contributed by atoms with Crippen molar-refractivity contribution in [3.63, 3.8) is 0 Å². The first-order valence-electron chi connectivity index (χ1n) is 7.09. The summed E-state index contributed by atoms with van der Waals surface area (Å²) in [7, 11) is 0. The number of carbonyl (C=O) groups is 2. The number of likely N-dealkylation sites (tertiary alicyclic amines) is 1. The third kappa shape index (κ3) is 2.90. The number of hydrogen-bond donors (Lipinski definition) is 1. The predicted molar refractivity (Wildman–Crippen MR) is 65.9 cm³/mol. The van der Waals surface area contributed by atoms with Crippen molar-refractivity contribution in [2.45, 2.75) is 44.2 Å². The van der Waals surface area contributed by atoms with Gasteiger partial charge in [-0.1, -0.05) is 0 Å². The van der Waals surface area contributed by atoms with Gasteiger partial charge in [0.05, 0.1) is 6.61 Å². The van der Waals surface area contributed by atoms with Crippen LogP contribution in [0.25, 0.3) is 0 Å². The van der Waals surface area contributed by atoms with Gasteiger partial charge in [-0.05, 0) is 25.7 Å². The lowest BCUT2D eigenvalue weighted by Gasteiger charge is -2.24. The summed E-state index contributed by atoms with van der Waals surface area (Å²) in [5, 5.41) is 0. The van der Waals surface area contributed by atoms with Crippen LogP contribution in [0.3, 0.4) is 0 Å². The van der Waals surface area contributed by atoms with Gasteiger partial charge in [0.2, 0.25) is 5.91 Å². The second-order valence-corrected chi connectivity index (χ2v) is 5.53. The summed E-state index contributed by atoms with van der Waals surface area (Å²) in [5.74, 6) is 0.109. The SMILES string of the molecule is O=C(NOC1CCOC1)[C@@H]1CCCN1C(=O)C1CC1. The van der Waals surface area contributed by atoms with E-state index in [2.05, 4.69) is 5.48 Å². The molecule has 6 heteroatoms. The van der Waals surface area contributed by atoms with E-state index in [0.29, 0.717) is 19.8 Å². The van der Waals surface area contributed by atoms with Crippen LogP contribution in [-0.4, -0.2) is 48.6 Å². The lowest BCUT2D eigenvalue weighted by atomic mass is 10.2. The zero-order chi connectivity index (χ0) is 13.2. The van der Waals surface area contributed by atoms with Crippen molar-refractivity contribution in [1.29, 1.82) is 0 Å². The van der Waals surface area contributed by atoms with E-state index in [1.54, 1.807) is 4.90 Å². The number of nitrogens with zero attached hydrogens (tertiary/aromatic N) is 1. The smallest absolute Gasteiger partial charge is 0.266 e. The number of carbonyl (C=O) groups excluding carboxylic acids is 2. The summed E-state index contributed by atoms with van der Waals surface area (Å²) in [6, 6.07) is -0.351. The molecule has 0 aromatic heterocycles. The summed E-state index contributed by atoms with van der Waals surface area (Å²) < 4.78 is 5.17. The summed E-state index contributed by atoms with van der Waals surface area (Å²) in [5.41, 5.74) is 2.50. The average Bonchev–Trinajstić information content (AvgIpc) is 2.94. The molecule has 6 nitrogen and oxygen atoms in total. The third-order valence-corrected chi connectivity index (χ3v) is 3.98. The molecule has 2 saturated heterocycles. The fourth-order valence-corrected chi connectivity index (χ4v) is 2.68. The predicted octanol–water partition coefficient (Wildman–Crippen LogP) is 0.224. The van der Waals surface area contributed by atoms with Gasteiger partial charge in [0.25, 0.3) is 5.91 Å². The van der Waals surface area contributed by atoms with Gasteiger partial charge < -0.3 is 9.64 Å². The second-order valence-electron chi connectivity index (χ2n) is 5.53. The quantitative estimate of drug-likeness (QED) is 0.741. The minimum atomic E-state index is -0.351. The lowest BCUT2D eigenvalue weighted by Crippen LogP contribution is -2.47. The molecule has 3 fully saturated rings. The molecule has 0 aromatic carbocycles. The van der Waals surface area contributed by atoms with E-state index < -0.39 is 0 Å². The Labute approximate surface area is 112 Å². The fourth-order valence-electron chi connectivity index (χ4n) is 2.68. The summed E-state index contributed by atoms with van der Waals surface area (Å²) in [4.78, 5) is 31.2. The Hall–Kier alpha value is -1.14. The van der Waals surface area contributed by atoms with Gasteiger partial charge in [-0.2, -0.15) is 0 Å². The van der Waals surface area contributed by atoms with Crippen LogP contribution in [0.2, 0.25) is 0 Å². The van der Waals surface area contributed by atoms with Crippen molar-refractivity contribution in [3.8, 4) is 0 Å². The highest BCUT2D eigenvalue weighted by Crippen LogP contribution is 2.33. The molecule has 2 atom stereocenters. The Morgan fingerprint density at radius 2 is 2.05 bits per heavy atom. The van der Waals surface area contributed by atoms with Gasteiger partial charge in [0.15, 0.2) is 0 Å². The van der Waals surface area contributed by atoms with E-state index in [4.69, 9.17) is 9.57 Å². The molecule has 2 heterocycles. The highest BCUT2D eigenvalue weighted by Gasteiger charge is 2.41. The van der Waals surface area contributed by atoms with Crippen LogP contribution in [-0.2, 0) is 19.2 Å². The lowest BCUT2D eigenvalue weighted by molar-refractivity contribution is -0.148. The number of nitrogens with one attached hydrogen (secondary N) is 1. The number of hydrogen-bond acceptors (Lipinski definition) is 4. The van der Waals surface area contributed by atoms with Gasteiger partial charge in [0, 0.05) is 25.5 Å². The van der Waals surface area contributed by atoms with Crippen molar-refractivity contribution in [1.82, 2.24) is 10.4 Å². The molecule has 0 bridgehead atoms. The Morgan fingerprint density at radius 1 is 1.21 bits per heavy atom. The van der Waals surface area contributed by atoms with E-state index in [9.17, 15) is 9.59 Å². The van der Waals surface area contributed by atoms with Crippen molar-refractivity contribution >= 4 is 11.8 Å². The van der Waals surface area contributed by atoms with E-state index in [0.717, 1.165) is 32.1 Å². The molecule has 3 aliphatic rings. The Morgan fingerprint density at radius 3 is 2.74 bits per heavy atom. The number of rotatable bonds is 4. The Kier molecular flexibility index (Phi) is 3.70. The minimum absolute atomic E-state index is 0.0575. The monoisotopic (exact) mass is 268 g/mol. The maximum atomic E-state index is 12.1. The molecule has 0 spiro atoms. The van der Waals surface area contributed by atoms with Crippen LogP contribution >= 0.6 is 0 Å². The molecule has 1 saturated carbocycles. The molecule has 2 amide bonds. The zero-order valence-corrected chi connectivity index (χ0v) is 11.0. The molecule has 1 N–H and O–H groups in total. The van der Waals surface area contributed by atoms with E-state index in [1.807, 2.05) is 0 Å². The Bertz CT molecular complexity index is 364. The van der Waals surface area contributed by atoms with Crippen LogP contribution in [0, 0.1) is 5.92 Å². The zero-order valence-electron chi connectivity index (χ0n) is 11.0. The first-order valence-corrected chi connectivity index (χ1v) is 7.09. The first-order chi connectivity index (χ1) is 9.25. The third-order valence-electron chi connectivity index (χ3n) is 3.98. The molecule has 0 aromatic rings. The van der Waals surface area contributed by atoms with Gasteiger partial charge in [-0.15, -0.1) is 0 Å². The normalized spacial score (nSPS) is 30.6. The average molecular weight is 268 g/mol. The number of ether oxygens (including phenoxy) is 1. The number of amides is 2. The topological polar surface area (TPSA) is 67.9 Å². The standard InChI is InChI=1S/C13H20N2O4/c16-12(14-19-10-5-7-18-8-10)11-2-1-6-15(11)13(17)9-3-4-9/h9-11H,1-8H2,(H,14,16)/t10?,11-/m0/s1. The second kappa shape index (κ2) is 5.46. The summed E-state index contributed by atoms with van der Waals surface area (Å²) >= 11 is 0. The first kappa shape index (κ1) is 12.9. The molecular formula is C13H20N2O4. The van der Waals surface area contributed by atoms with Crippen LogP contribution < -0.4 is 5.48 Å². The van der Waals surface area contributed by atoms with Crippen molar-refractivity contribution in [2.75, 3.05) is 19.8 Å². The highest BCUT2D eigenvalue weighted by atomic mass is 16.7. The van der Waals surface area contributed by atoms with E-state index in [1.165, 1.54) is 0 Å².